The number of halogens is 1. The average Bonchev–Trinajstić information content (AvgIpc) is 2.08. The van der Waals surface area contributed by atoms with E-state index in [1.54, 1.807) is 16.8 Å². The first-order chi connectivity index (χ1) is 4.11. The molecule has 0 aromatic carbocycles. The first-order valence-corrected chi connectivity index (χ1v) is 3.66. The smallest absolute Gasteiger partial charge is 0.0794 e. The van der Waals surface area contributed by atoms with Gasteiger partial charge in [-0.3, -0.25) is 4.98 Å². The second-order valence-electron chi connectivity index (χ2n) is 2.59. The number of thiazole rings is 1. The van der Waals surface area contributed by atoms with Gasteiger partial charge in [0, 0.05) is 16.6 Å². The van der Waals surface area contributed by atoms with E-state index in [1.165, 1.54) is 0 Å². The van der Waals surface area contributed by atoms with Crippen LogP contribution in [-0.2, 0) is 5.54 Å². The highest BCUT2D eigenvalue weighted by Gasteiger charge is 2.14. The number of nitrogens with two attached hydrogens (primary N) is 1. The van der Waals surface area contributed by atoms with Crippen LogP contribution in [0, 0.1) is 0 Å². The van der Waals surface area contributed by atoms with Crippen LogP contribution < -0.4 is 5.73 Å². The summed E-state index contributed by atoms with van der Waals surface area (Å²) < 4.78 is 0. The van der Waals surface area contributed by atoms with Gasteiger partial charge >= 0.3 is 0 Å². The fourth-order valence-electron chi connectivity index (χ4n) is 0.534. The Morgan fingerprint density at radius 1 is 1.60 bits per heavy atom. The monoisotopic (exact) mass is 178 g/mol. The minimum absolute atomic E-state index is 0. The largest absolute Gasteiger partial charge is 0.321 e. The molecule has 1 heterocycles. The predicted molar refractivity (Wildman–Crippen MR) is 46.6 cm³/mol. The van der Waals surface area contributed by atoms with Gasteiger partial charge in [-0.05, 0) is 13.8 Å². The van der Waals surface area contributed by atoms with E-state index >= 15 is 0 Å². The van der Waals surface area contributed by atoms with Crippen molar-refractivity contribution in [2.24, 2.45) is 5.73 Å². The second kappa shape index (κ2) is 3.32. The number of hydrogen-bond acceptors (Lipinski definition) is 3. The van der Waals surface area contributed by atoms with Gasteiger partial charge in [-0.2, -0.15) is 0 Å². The maximum Gasteiger partial charge on any atom is 0.0794 e. The van der Waals surface area contributed by atoms with Gasteiger partial charge in [-0.1, -0.05) is 0 Å². The van der Waals surface area contributed by atoms with E-state index < -0.39 is 0 Å². The zero-order valence-corrected chi connectivity index (χ0v) is 7.63. The molecule has 0 radical (unpaired) electrons. The Bertz CT molecular complexity index is 178. The minimum Gasteiger partial charge on any atom is -0.321 e. The van der Waals surface area contributed by atoms with Crippen LogP contribution >= 0.6 is 23.7 Å². The standard InChI is InChI=1S/C6H10N2S.ClH/c1-6(2,7)5-3-8-4-9-5;/h3-4H,7H2,1-2H3;1H. The van der Waals surface area contributed by atoms with E-state index in [0.717, 1.165) is 4.88 Å². The minimum atomic E-state index is -0.221. The molecule has 0 aliphatic rings. The molecule has 0 spiro atoms. The fraction of sp³-hybridized carbons (Fsp3) is 0.500. The van der Waals surface area contributed by atoms with Crippen molar-refractivity contribution >= 4 is 23.7 Å². The first-order valence-electron chi connectivity index (χ1n) is 2.78. The molecule has 10 heavy (non-hydrogen) atoms. The molecule has 0 aliphatic heterocycles. The first kappa shape index (κ1) is 9.88. The highest BCUT2D eigenvalue weighted by atomic mass is 35.5. The van der Waals surface area contributed by atoms with E-state index in [1.807, 2.05) is 20.0 Å². The lowest BCUT2D eigenvalue weighted by Gasteiger charge is -2.14. The quantitative estimate of drug-likeness (QED) is 0.712. The fourth-order valence-corrected chi connectivity index (χ4v) is 1.19. The van der Waals surface area contributed by atoms with Crippen molar-refractivity contribution < 1.29 is 0 Å². The van der Waals surface area contributed by atoms with Gasteiger partial charge in [-0.25, -0.2) is 0 Å². The van der Waals surface area contributed by atoms with Gasteiger partial charge < -0.3 is 5.73 Å². The molecule has 4 heteroatoms. The van der Waals surface area contributed by atoms with Crippen LogP contribution in [0.4, 0.5) is 0 Å². The maximum atomic E-state index is 5.77. The summed E-state index contributed by atoms with van der Waals surface area (Å²) in [5, 5.41) is 0. The Hall–Kier alpha value is -0.120. The summed E-state index contributed by atoms with van der Waals surface area (Å²) >= 11 is 1.59. The molecule has 2 N–H and O–H groups in total. The third kappa shape index (κ3) is 2.25. The van der Waals surface area contributed by atoms with Gasteiger partial charge in [0.1, 0.15) is 0 Å². The molecule has 58 valence electrons. The summed E-state index contributed by atoms with van der Waals surface area (Å²) in [6, 6.07) is 0. The average molecular weight is 179 g/mol. The number of aromatic nitrogens is 1. The van der Waals surface area contributed by atoms with Gasteiger partial charge in [-0.15, -0.1) is 23.7 Å². The molecule has 2 nitrogen and oxygen atoms in total. The molecule has 0 aliphatic carbocycles. The summed E-state index contributed by atoms with van der Waals surface area (Å²) in [6.07, 6.45) is 1.81. The Morgan fingerprint density at radius 2 is 2.20 bits per heavy atom. The van der Waals surface area contributed by atoms with E-state index in [4.69, 9.17) is 5.73 Å². The van der Waals surface area contributed by atoms with Crippen LogP contribution in [0.1, 0.15) is 18.7 Å². The molecule has 0 unspecified atom stereocenters. The summed E-state index contributed by atoms with van der Waals surface area (Å²) in [7, 11) is 0. The summed E-state index contributed by atoms with van der Waals surface area (Å²) in [6.45, 7) is 3.95. The Labute approximate surface area is 70.9 Å². The molecule has 0 bridgehead atoms. The van der Waals surface area contributed by atoms with Crippen molar-refractivity contribution in [1.82, 2.24) is 4.98 Å². The number of rotatable bonds is 1. The molecular weight excluding hydrogens is 168 g/mol. The molecule has 0 atom stereocenters. The van der Waals surface area contributed by atoms with Crippen molar-refractivity contribution in [1.29, 1.82) is 0 Å². The topological polar surface area (TPSA) is 38.9 Å². The van der Waals surface area contributed by atoms with Crippen molar-refractivity contribution in [2.75, 3.05) is 0 Å². The molecule has 1 aromatic rings. The number of hydrogen-bond donors (Lipinski definition) is 1. The maximum absolute atomic E-state index is 5.77. The molecule has 0 fully saturated rings. The summed E-state index contributed by atoms with van der Waals surface area (Å²) in [5.41, 5.74) is 7.35. The van der Waals surface area contributed by atoms with E-state index in [-0.39, 0.29) is 17.9 Å². The third-order valence-corrected chi connectivity index (χ3v) is 2.18. The Balaban J connectivity index is 0.000000810. The van der Waals surface area contributed by atoms with Crippen LogP contribution in [-0.4, -0.2) is 4.98 Å². The lowest BCUT2D eigenvalue weighted by molar-refractivity contribution is 0.566. The molecular formula is C6H11ClN2S. The highest BCUT2D eigenvalue weighted by Crippen LogP contribution is 2.19. The Morgan fingerprint density at radius 3 is 2.40 bits per heavy atom. The lowest BCUT2D eigenvalue weighted by atomic mass is 10.1. The zero-order chi connectivity index (χ0) is 6.91. The Kier molecular flexibility index (Phi) is 3.28. The molecule has 1 rings (SSSR count). The highest BCUT2D eigenvalue weighted by molar-refractivity contribution is 7.09. The van der Waals surface area contributed by atoms with Gasteiger partial charge in [0.15, 0.2) is 0 Å². The van der Waals surface area contributed by atoms with Crippen molar-refractivity contribution in [3.05, 3.63) is 16.6 Å². The SMILES string of the molecule is CC(C)(N)c1cncs1.Cl. The van der Waals surface area contributed by atoms with Crippen molar-refractivity contribution in [3.63, 3.8) is 0 Å². The van der Waals surface area contributed by atoms with Crippen LogP contribution in [0.3, 0.4) is 0 Å². The normalized spacial score (nSPS) is 10.7. The van der Waals surface area contributed by atoms with Crippen LogP contribution in [0.2, 0.25) is 0 Å². The molecule has 0 saturated carbocycles. The van der Waals surface area contributed by atoms with E-state index in [2.05, 4.69) is 4.98 Å². The molecule has 0 amide bonds. The van der Waals surface area contributed by atoms with Crippen LogP contribution in [0.15, 0.2) is 11.7 Å². The number of nitrogens with zero attached hydrogens (tertiary/aromatic N) is 1. The lowest BCUT2D eigenvalue weighted by Crippen LogP contribution is -2.27. The van der Waals surface area contributed by atoms with E-state index in [9.17, 15) is 0 Å². The third-order valence-electron chi connectivity index (χ3n) is 1.07. The van der Waals surface area contributed by atoms with Crippen molar-refractivity contribution in [3.8, 4) is 0 Å². The second-order valence-corrected chi connectivity index (χ2v) is 3.47. The van der Waals surface area contributed by atoms with Gasteiger partial charge in [0.2, 0.25) is 0 Å². The van der Waals surface area contributed by atoms with Crippen LogP contribution in [0.25, 0.3) is 0 Å². The van der Waals surface area contributed by atoms with Crippen LogP contribution in [0.5, 0.6) is 0 Å². The summed E-state index contributed by atoms with van der Waals surface area (Å²) in [4.78, 5) is 5.05. The van der Waals surface area contributed by atoms with Gasteiger partial charge in [0.05, 0.1) is 5.51 Å². The van der Waals surface area contributed by atoms with Crippen molar-refractivity contribution in [2.45, 2.75) is 19.4 Å². The molecule has 0 saturated heterocycles. The van der Waals surface area contributed by atoms with Gasteiger partial charge in [0.25, 0.3) is 0 Å². The van der Waals surface area contributed by atoms with E-state index in [0.29, 0.717) is 0 Å². The molecule has 1 aromatic heterocycles. The predicted octanol–water partition coefficient (Wildman–Crippen LogP) is 1.76. The summed E-state index contributed by atoms with van der Waals surface area (Å²) in [5.74, 6) is 0. The zero-order valence-electron chi connectivity index (χ0n) is 6.00.